The molecule has 3 heteroatoms. The molecule has 0 amide bonds. The smallest absolute Gasteiger partial charge is 0.0936 e. The molecule has 1 aliphatic heterocycles. The highest BCUT2D eigenvalue weighted by atomic mass is 16.5. The second-order valence-electron chi connectivity index (χ2n) is 5.32. The molecule has 1 aromatic rings. The molecule has 2 atom stereocenters. The van der Waals surface area contributed by atoms with Crippen molar-refractivity contribution in [3.8, 4) is 0 Å². The number of hydrogen-bond acceptors (Lipinski definition) is 3. The Balaban J connectivity index is 2.08. The van der Waals surface area contributed by atoms with Gasteiger partial charge in [-0.1, -0.05) is 18.2 Å². The number of nitrogens with zero attached hydrogens (tertiary/aromatic N) is 1. The lowest BCUT2D eigenvalue weighted by Gasteiger charge is -2.36. The van der Waals surface area contributed by atoms with Gasteiger partial charge in [0.15, 0.2) is 0 Å². The maximum absolute atomic E-state index is 9.25. The molecule has 3 nitrogen and oxygen atoms in total. The third kappa shape index (κ3) is 3.10. The minimum Gasteiger partial charge on any atom is -0.394 e. The minimum atomic E-state index is -0.0434. The molecule has 18 heavy (non-hydrogen) atoms. The van der Waals surface area contributed by atoms with Crippen LogP contribution in [0.25, 0.3) is 0 Å². The highest BCUT2D eigenvalue weighted by molar-refractivity contribution is 5.33. The Morgan fingerprint density at radius 3 is 2.56 bits per heavy atom. The average molecular weight is 249 g/mol. The molecular weight excluding hydrogens is 226 g/mol. The van der Waals surface area contributed by atoms with Crippen molar-refractivity contribution in [1.29, 1.82) is 0 Å². The maximum Gasteiger partial charge on any atom is 0.0936 e. The second kappa shape index (κ2) is 5.83. The molecule has 1 aliphatic rings. The summed E-state index contributed by atoms with van der Waals surface area (Å²) in [5.41, 5.74) is 4.09. The quantitative estimate of drug-likeness (QED) is 0.888. The van der Waals surface area contributed by atoms with Crippen molar-refractivity contribution in [2.75, 3.05) is 19.7 Å². The molecule has 0 bridgehead atoms. The van der Waals surface area contributed by atoms with Gasteiger partial charge >= 0.3 is 0 Å². The van der Waals surface area contributed by atoms with E-state index < -0.39 is 0 Å². The Morgan fingerprint density at radius 2 is 1.94 bits per heavy atom. The topological polar surface area (TPSA) is 32.7 Å². The van der Waals surface area contributed by atoms with Gasteiger partial charge in [0, 0.05) is 19.6 Å². The van der Waals surface area contributed by atoms with E-state index >= 15 is 0 Å². The lowest BCUT2D eigenvalue weighted by Crippen LogP contribution is -2.47. The van der Waals surface area contributed by atoms with E-state index in [2.05, 4.69) is 43.9 Å². The number of rotatable bonds is 3. The average Bonchev–Trinajstić information content (AvgIpc) is 2.33. The number of benzene rings is 1. The van der Waals surface area contributed by atoms with Crippen LogP contribution < -0.4 is 0 Å². The summed E-state index contributed by atoms with van der Waals surface area (Å²) in [5, 5.41) is 9.25. The highest BCUT2D eigenvalue weighted by Crippen LogP contribution is 2.19. The number of ether oxygens (including phenoxy) is 1. The number of hydrogen-bond donors (Lipinski definition) is 1. The van der Waals surface area contributed by atoms with E-state index in [1.165, 1.54) is 16.7 Å². The summed E-state index contributed by atoms with van der Waals surface area (Å²) in [6.45, 7) is 9.19. The fraction of sp³-hybridized carbons (Fsp3) is 0.600. The molecule has 0 aromatic heterocycles. The first-order valence-corrected chi connectivity index (χ1v) is 6.64. The summed E-state index contributed by atoms with van der Waals surface area (Å²) < 4.78 is 5.67. The fourth-order valence-corrected chi connectivity index (χ4v) is 2.69. The van der Waals surface area contributed by atoms with Crippen molar-refractivity contribution in [1.82, 2.24) is 4.90 Å². The number of aliphatic hydroxyl groups is 1. The Hall–Kier alpha value is -0.900. The van der Waals surface area contributed by atoms with Crippen molar-refractivity contribution in [2.45, 2.75) is 39.5 Å². The Kier molecular flexibility index (Phi) is 4.38. The van der Waals surface area contributed by atoms with E-state index in [0.717, 1.165) is 19.6 Å². The van der Waals surface area contributed by atoms with Gasteiger partial charge in [-0.3, -0.25) is 4.90 Å². The zero-order valence-corrected chi connectivity index (χ0v) is 11.5. The van der Waals surface area contributed by atoms with E-state index in [4.69, 9.17) is 4.74 Å². The largest absolute Gasteiger partial charge is 0.394 e. The zero-order chi connectivity index (χ0) is 13.1. The van der Waals surface area contributed by atoms with Crippen molar-refractivity contribution in [3.63, 3.8) is 0 Å². The van der Waals surface area contributed by atoms with Crippen molar-refractivity contribution >= 4 is 0 Å². The van der Waals surface area contributed by atoms with Gasteiger partial charge in [-0.25, -0.2) is 0 Å². The molecular formula is C15H23NO2. The van der Waals surface area contributed by atoms with Crippen LogP contribution in [0.5, 0.6) is 0 Å². The van der Waals surface area contributed by atoms with Crippen LogP contribution in [-0.4, -0.2) is 41.9 Å². The molecule has 2 unspecified atom stereocenters. The standard InChI is InChI=1S/C15H23NO2/c1-11-5-4-6-12(2)15(11)9-16-7-13(3)18-14(8-16)10-17/h4-6,13-14,17H,7-10H2,1-3H3. The summed E-state index contributed by atoms with van der Waals surface area (Å²) in [6.07, 6.45) is 0.151. The number of aryl methyl sites for hydroxylation is 2. The molecule has 0 aliphatic carbocycles. The van der Waals surface area contributed by atoms with Gasteiger partial charge < -0.3 is 9.84 Å². The first-order chi connectivity index (χ1) is 8.60. The summed E-state index contributed by atoms with van der Waals surface area (Å²) in [6, 6.07) is 6.43. The molecule has 2 rings (SSSR count). The van der Waals surface area contributed by atoms with Crippen LogP contribution in [-0.2, 0) is 11.3 Å². The summed E-state index contributed by atoms with van der Waals surface area (Å²) >= 11 is 0. The van der Waals surface area contributed by atoms with Gasteiger partial charge in [-0.15, -0.1) is 0 Å². The normalized spacial score (nSPS) is 25.3. The first-order valence-electron chi connectivity index (χ1n) is 6.64. The third-order valence-electron chi connectivity index (χ3n) is 3.63. The predicted octanol–water partition coefficient (Wildman–Crippen LogP) is 1.89. The lowest BCUT2D eigenvalue weighted by molar-refractivity contribution is -0.0973. The minimum absolute atomic E-state index is 0.0434. The van der Waals surface area contributed by atoms with E-state index in [0.29, 0.717) is 0 Å². The molecule has 100 valence electrons. The SMILES string of the molecule is Cc1cccc(C)c1CN1CC(C)OC(CO)C1. The molecule has 0 saturated carbocycles. The van der Waals surface area contributed by atoms with Crippen LogP contribution in [0.1, 0.15) is 23.6 Å². The summed E-state index contributed by atoms with van der Waals surface area (Å²) in [4.78, 5) is 2.38. The summed E-state index contributed by atoms with van der Waals surface area (Å²) in [7, 11) is 0. The Labute approximate surface area is 109 Å². The lowest BCUT2D eigenvalue weighted by atomic mass is 10.0. The van der Waals surface area contributed by atoms with Gasteiger partial charge in [0.05, 0.1) is 18.8 Å². The van der Waals surface area contributed by atoms with E-state index in [9.17, 15) is 5.11 Å². The van der Waals surface area contributed by atoms with Crippen LogP contribution in [0.4, 0.5) is 0 Å². The third-order valence-corrected chi connectivity index (χ3v) is 3.63. The summed E-state index contributed by atoms with van der Waals surface area (Å²) in [5.74, 6) is 0. The monoisotopic (exact) mass is 249 g/mol. The van der Waals surface area contributed by atoms with Gasteiger partial charge in [0.25, 0.3) is 0 Å². The van der Waals surface area contributed by atoms with Crippen LogP contribution in [0.3, 0.4) is 0 Å². The molecule has 0 radical (unpaired) electrons. The van der Waals surface area contributed by atoms with Crippen LogP contribution in [0.2, 0.25) is 0 Å². The van der Waals surface area contributed by atoms with Crippen LogP contribution >= 0.6 is 0 Å². The van der Waals surface area contributed by atoms with Gasteiger partial charge in [0.1, 0.15) is 0 Å². The fourth-order valence-electron chi connectivity index (χ4n) is 2.69. The van der Waals surface area contributed by atoms with E-state index in [1.54, 1.807) is 0 Å². The van der Waals surface area contributed by atoms with Crippen LogP contribution in [0, 0.1) is 13.8 Å². The molecule has 1 saturated heterocycles. The van der Waals surface area contributed by atoms with Gasteiger partial charge in [-0.2, -0.15) is 0 Å². The van der Waals surface area contributed by atoms with Gasteiger partial charge in [0.2, 0.25) is 0 Å². The van der Waals surface area contributed by atoms with Gasteiger partial charge in [-0.05, 0) is 37.5 Å². The molecule has 1 N–H and O–H groups in total. The highest BCUT2D eigenvalue weighted by Gasteiger charge is 2.25. The Morgan fingerprint density at radius 1 is 1.28 bits per heavy atom. The predicted molar refractivity (Wildman–Crippen MR) is 72.6 cm³/mol. The Bertz CT molecular complexity index is 385. The number of morpholine rings is 1. The first kappa shape index (κ1) is 13.5. The van der Waals surface area contributed by atoms with Crippen molar-refractivity contribution in [3.05, 3.63) is 34.9 Å². The zero-order valence-electron chi connectivity index (χ0n) is 11.5. The van der Waals surface area contributed by atoms with E-state index in [-0.39, 0.29) is 18.8 Å². The molecule has 0 spiro atoms. The van der Waals surface area contributed by atoms with Crippen molar-refractivity contribution < 1.29 is 9.84 Å². The maximum atomic E-state index is 9.25. The number of aliphatic hydroxyl groups excluding tert-OH is 1. The molecule has 1 fully saturated rings. The molecule has 1 heterocycles. The van der Waals surface area contributed by atoms with Crippen LogP contribution in [0.15, 0.2) is 18.2 Å². The van der Waals surface area contributed by atoms with Crippen molar-refractivity contribution in [2.24, 2.45) is 0 Å². The second-order valence-corrected chi connectivity index (χ2v) is 5.32. The van der Waals surface area contributed by atoms with E-state index in [1.807, 2.05) is 0 Å². The molecule has 1 aromatic carbocycles.